The van der Waals surface area contributed by atoms with Crippen LogP contribution in [0.1, 0.15) is 0 Å². The average Bonchev–Trinajstić information content (AvgIpc) is 3.53. The molecule has 34 heavy (non-hydrogen) atoms. The predicted octanol–water partition coefficient (Wildman–Crippen LogP) is 2.70. The van der Waals surface area contributed by atoms with E-state index in [1.165, 1.54) is 34.9 Å². The normalized spacial score (nSPS) is 15.0. The molecule has 176 valence electrons. The van der Waals surface area contributed by atoms with Crippen LogP contribution < -0.4 is 4.74 Å². The lowest BCUT2D eigenvalue weighted by atomic mass is 10.3. The van der Waals surface area contributed by atoms with E-state index < -0.39 is 10.0 Å². The summed E-state index contributed by atoms with van der Waals surface area (Å²) in [6.45, 7) is 1.24. The SMILES string of the molecule is COc1ccc(S(=O)(=O)N2CCN(C(=O)Cn3c(-c4cscn4)nc4ccccc43)CC2)cc1. The van der Waals surface area contributed by atoms with Gasteiger partial charge in [-0.3, -0.25) is 4.79 Å². The number of imidazole rings is 1. The van der Waals surface area contributed by atoms with Crippen LogP contribution in [0, 0.1) is 0 Å². The minimum Gasteiger partial charge on any atom is -0.497 e. The second-order valence-corrected chi connectivity index (χ2v) is 10.5. The first kappa shape index (κ1) is 22.5. The van der Waals surface area contributed by atoms with Gasteiger partial charge in [0, 0.05) is 31.6 Å². The Morgan fingerprint density at radius 3 is 2.47 bits per heavy atom. The van der Waals surface area contributed by atoms with Crippen LogP contribution in [0.5, 0.6) is 5.75 Å². The monoisotopic (exact) mass is 497 g/mol. The Morgan fingerprint density at radius 2 is 1.79 bits per heavy atom. The Hall–Kier alpha value is -3.28. The Labute approximate surface area is 201 Å². The minimum absolute atomic E-state index is 0.0823. The van der Waals surface area contributed by atoms with Crippen molar-refractivity contribution in [2.24, 2.45) is 0 Å². The number of benzene rings is 2. The van der Waals surface area contributed by atoms with Gasteiger partial charge in [-0.15, -0.1) is 11.3 Å². The molecule has 5 rings (SSSR count). The first-order valence-corrected chi connectivity index (χ1v) is 13.1. The highest BCUT2D eigenvalue weighted by atomic mass is 32.2. The number of piperazine rings is 1. The summed E-state index contributed by atoms with van der Waals surface area (Å²) in [5.74, 6) is 1.16. The Morgan fingerprint density at radius 1 is 1.06 bits per heavy atom. The molecular formula is C23H23N5O4S2. The highest BCUT2D eigenvalue weighted by Crippen LogP contribution is 2.25. The number of ether oxygens (including phenoxy) is 1. The molecule has 1 aliphatic rings. The van der Waals surface area contributed by atoms with Crippen molar-refractivity contribution in [1.29, 1.82) is 0 Å². The Bertz CT molecular complexity index is 1410. The maximum Gasteiger partial charge on any atom is 0.243 e. The molecule has 2 aromatic carbocycles. The number of methoxy groups -OCH3 is 1. The number of carbonyl (C=O) groups is 1. The summed E-state index contributed by atoms with van der Waals surface area (Å²) in [7, 11) is -2.10. The molecule has 0 N–H and O–H groups in total. The molecule has 0 atom stereocenters. The van der Waals surface area contributed by atoms with Gasteiger partial charge in [0.25, 0.3) is 0 Å². The van der Waals surface area contributed by atoms with Crippen LogP contribution in [0.4, 0.5) is 0 Å². The smallest absolute Gasteiger partial charge is 0.243 e. The van der Waals surface area contributed by atoms with Gasteiger partial charge in [-0.05, 0) is 36.4 Å². The van der Waals surface area contributed by atoms with Crippen LogP contribution in [0.2, 0.25) is 0 Å². The van der Waals surface area contributed by atoms with E-state index in [1.54, 1.807) is 22.5 Å². The molecule has 1 aliphatic heterocycles. The minimum atomic E-state index is -3.63. The number of amides is 1. The molecule has 4 aromatic rings. The molecule has 0 aliphatic carbocycles. The molecule has 3 heterocycles. The first-order valence-electron chi connectivity index (χ1n) is 10.7. The molecule has 11 heteroatoms. The molecule has 1 fully saturated rings. The zero-order valence-corrected chi connectivity index (χ0v) is 20.1. The second kappa shape index (κ2) is 9.16. The summed E-state index contributed by atoms with van der Waals surface area (Å²) in [4.78, 5) is 24.2. The standard InChI is InChI=1S/C23H23N5O4S2/c1-32-17-6-8-18(9-7-17)34(30,31)27-12-10-26(11-13-27)22(29)14-28-21-5-3-2-4-19(21)25-23(28)20-15-33-16-24-20/h2-9,15-16H,10-14H2,1H3. The lowest BCUT2D eigenvalue weighted by molar-refractivity contribution is -0.132. The fraction of sp³-hybridized carbons (Fsp3) is 0.261. The third kappa shape index (κ3) is 4.17. The van der Waals surface area contributed by atoms with E-state index in [-0.39, 0.29) is 30.4 Å². The molecular weight excluding hydrogens is 474 g/mol. The fourth-order valence-corrected chi connectivity index (χ4v) is 6.02. The van der Waals surface area contributed by atoms with Crippen molar-refractivity contribution in [2.45, 2.75) is 11.4 Å². The third-order valence-corrected chi connectivity index (χ3v) is 8.40. The van der Waals surface area contributed by atoms with Crippen molar-refractivity contribution in [1.82, 2.24) is 23.7 Å². The van der Waals surface area contributed by atoms with Crippen LogP contribution in [0.25, 0.3) is 22.6 Å². The third-order valence-electron chi connectivity index (χ3n) is 5.90. The van der Waals surface area contributed by atoms with E-state index in [1.807, 2.05) is 34.2 Å². The number of hydrogen-bond donors (Lipinski definition) is 0. The topological polar surface area (TPSA) is 97.6 Å². The number of rotatable bonds is 6. The van der Waals surface area contributed by atoms with E-state index in [0.717, 1.165) is 16.7 Å². The van der Waals surface area contributed by atoms with Gasteiger partial charge in [0.15, 0.2) is 5.82 Å². The van der Waals surface area contributed by atoms with Crippen LogP contribution in [0.3, 0.4) is 0 Å². The van der Waals surface area contributed by atoms with Gasteiger partial charge in [-0.1, -0.05) is 12.1 Å². The highest BCUT2D eigenvalue weighted by molar-refractivity contribution is 7.89. The first-order chi connectivity index (χ1) is 16.5. The maximum absolute atomic E-state index is 13.2. The van der Waals surface area contributed by atoms with Crippen molar-refractivity contribution >= 4 is 38.3 Å². The maximum atomic E-state index is 13.2. The summed E-state index contributed by atoms with van der Waals surface area (Å²) >= 11 is 1.47. The van der Waals surface area contributed by atoms with E-state index in [4.69, 9.17) is 4.74 Å². The van der Waals surface area contributed by atoms with Crippen molar-refractivity contribution in [3.63, 3.8) is 0 Å². The predicted molar refractivity (Wildman–Crippen MR) is 129 cm³/mol. The second-order valence-electron chi connectivity index (χ2n) is 7.84. The quantitative estimate of drug-likeness (QED) is 0.406. The van der Waals surface area contributed by atoms with Crippen LogP contribution in [-0.2, 0) is 21.4 Å². The molecule has 2 aromatic heterocycles. The van der Waals surface area contributed by atoms with Gasteiger partial charge in [-0.25, -0.2) is 18.4 Å². The largest absolute Gasteiger partial charge is 0.497 e. The summed E-state index contributed by atoms with van der Waals surface area (Å²) in [6, 6.07) is 14.0. The summed E-state index contributed by atoms with van der Waals surface area (Å²) in [5.41, 5.74) is 4.13. The number of fused-ring (bicyclic) bond motifs is 1. The Balaban J connectivity index is 1.31. The molecule has 0 unspecified atom stereocenters. The van der Waals surface area contributed by atoms with Crippen LogP contribution in [-0.4, -0.2) is 71.4 Å². The van der Waals surface area contributed by atoms with E-state index in [2.05, 4.69) is 9.97 Å². The number of nitrogens with zero attached hydrogens (tertiary/aromatic N) is 5. The van der Waals surface area contributed by atoms with Crippen molar-refractivity contribution in [2.75, 3.05) is 33.3 Å². The van der Waals surface area contributed by atoms with Crippen molar-refractivity contribution in [3.05, 3.63) is 59.4 Å². The lowest BCUT2D eigenvalue weighted by Gasteiger charge is -2.34. The molecule has 9 nitrogen and oxygen atoms in total. The van der Waals surface area contributed by atoms with Gasteiger partial charge in [0.2, 0.25) is 15.9 Å². The summed E-state index contributed by atoms with van der Waals surface area (Å²) < 4.78 is 34.4. The molecule has 1 amide bonds. The zero-order chi connectivity index (χ0) is 23.7. The average molecular weight is 498 g/mol. The van der Waals surface area contributed by atoms with Gasteiger partial charge < -0.3 is 14.2 Å². The Kier molecular flexibility index (Phi) is 6.07. The zero-order valence-electron chi connectivity index (χ0n) is 18.5. The molecule has 1 saturated heterocycles. The highest BCUT2D eigenvalue weighted by Gasteiger charge is 2.30. The van der Waals surface area contributed by atoms with Crippen LogP contribution >= 0.6 is 11.3 Å². The number of hydrogen-bond acceptors (Lipinski definition) is 7. The van der Waals surface area contributed by atoms with Crippen molar-refractivity contribution < 1.29 is 17.9 Å². The number of carbonyl (C=O) groups excluding carboxylic acids is 1. The molecule has 0 bridgehead atoms. The van der Waals surface area contributed by atoms with Gasteiger partial charge in [-0.2, -0.15) is 4.31 Å². The fourth-order valence-electron chi connectivity index (χ4n) is 4.06. The molecule has 0 spiro atoms. The summed E-state index contributed by atoms with van der Waals surface area (Å²) in [5, 5.41) is 1.91. The van der Waals surface area contributed by atoms with E-state index in [0.29, 0.717) is 24.7 Å². The van der Waals surface area contributed by atoms with E-state index >= 15 is 0 Å². The number of thiazole rings is 1. The summed E-state index contributed by atoms with van der Waals surface area (Å²) in [6.07, 6.45) is 0. The van der Waals surface area contributed by atoms with Gasteiger partial charge in [0.1, 0.15) is 18.0 Å². The molecule has 0 saturated carbocycles. The number of aromatic nitrogens is 3. The molecule has 0 radical (unpaired) electrons. The number of para-hydroxylation sites is 2. The van der Waals surface area contributed by atoms with E-state index in [9.17, 15) is 13.2 Å². The van der Waals surface area contributed by atoms with Crippen LogP contribution in [0.15, 0.2) is 64.3 Å². The lowest BCUT2D eigenvalue weighted by Crippen LogP contribution is -2.51. The van der Waals surface area contributed by atoms with Gasteiger partial charge >= 0.3 is 0 Å². The van der Waals surface area contributed by atoms with Crippen molar-refractivity contribution in [3.8, 4) is 17.3 Å². The van der Waals surface area contributed by atoms with Gasteiger partial charge in [0.05, 0.1) is 28.5 Å². The number of sulfonamides is 1.